The summed E-state index contributed by atoms with van der Waals surface area (Å²) in [4.78, 5) is 12.5. The molecule has 18 heavy (non-hydrogen) atoms. The zero-order chi connectivity index (χ0) is 13.3. The number of ketones is 1. The topological polar surface area (TPSA) is 17.1 Å². The molecule has 0 N–H and O–H groups in total. The van der Waals surface area contributed by atoms with Crippen molar-refractivity contribution < 1.29 is 18.0 Å². The van der Waals surface area contributed by atoms with E-state index in [-0.39, 0.29) is 5.56 Å². The van der Waals surface area contributed by atoms with Crippen molar-refractivity contribution in [2.45, 2.75) is 13.1 Å². The highest BCUT2D eigenvalue weighted by molar-refractivity contribution is 7.12. The summed E-state index contributed by atoms with van der Waals surface area (Å²) in [5.41, 5.74) is -0.486. The first kappa shape index (κ1) is 12.8. The van der Waals surface area contributed by atoms with Crippen molar-refractivity contribution in [3.05, 3.63) is 57.3 Å². The van der Waals surface area contributed by atoms with Gasteiger partial charge in [-0.2, -0.15) is 13.2 Å². The summed E-state index contributed by atoms with van der Waals surface area (Å²) in [5, 5.41) is 1.69. The van der Waals surface area contributed by atoms with Crippen molar-refractivity contribution in [2.24, 2.45) is 0 Å². The number of carbonyl (C=O) groups excluding carboxylic acids is 1. The van der Waals surface area contributed by atoms with E-state index < -0.39 is 17.5 Å². The second-order valence-corrected chi connectivity index (χ2v) is 4.72. The van der Waals surface area contributed by atoms with Crippen LogP contribution in [0.25, 0.3) is 0 Å². The van der Waals surface area contributed by atoms with Crippen LogP contribution >= 0.6 is 11.3 Å². The molecule has 1 heterocycles. The van der Waals surface area contributed by atoms with Crippen LogP contribution in [0, 0.1) is 6.92 Å². The number of hydrogen-bond acceptors (Lipinski definition) is 2. The Balaban J connectivity index is 2.53. The third-order valence-electron chi connectivity index (χ3n) is 2.55. The van der Waals surface area contributed by atoms with E-state index in [1.54, 1.807) is 18.4 Å². The molecule has 2 rings (SSSR count). The minimum atomic E-state index is -4.52. The van der Waals surface area contributed by atoms with Gasteiger partial charge in [-0.15, -0.1) is 11.3 Å². The molecule has 0 saturated carbocycles. The molecule has 0 fully saturated rings. The molecule has 94 valence electrons. The van der Waals surface area contributed by atoms with Crippen LogP contribution in [0.15, 0.2) is 35.7 Å². The van der Waals surface area contributed by atoms with Crippen molar-refractivity contribution >= 4 is 17.1 Å². The molecule has 0 saturated heterocycles. The summed E-state index contributed by atoms with van der Waals surface area (Å²) in [6.45, 7) is 1.71. The molecule has 5 heteroatoms. The van der Waals surface area contributed by atoms with Gasteiger partial charge in [0, 0.05) is 5.56 Å². The maximum Gasteiger partial charge on any atom is 0.417 e. The first-order valence-electron chi connectivity index (χ1n) is 5.16. The average Bonchev–Trinajstić information content (AvgIpc) is 2.73. The zero-order valence-electron chi connectivity index (χ0n) is 9.41. The van der Waals surface area contributed by atoms with Crippen LogP contribution in [0.1, 0.15) is 26.4 Å². The number of rotatable bonds is 2. The Hall–Kier alpha value is -1.62. The Morgan fingerprint density at radius 2 is 1.83 bits per heavy atom. The van der Waals surface area contributed by atoms with E-state index in [0.29, 0.717) is 10.4 Å². The van der Waals surface area contributed by atoms with Gasteiger partial charge in [0.25, 0.3) is 0 Å². The standard InChI is InChI=1S/C13H9F3OS/c1-8-6-7-18-12(8)11(17)9-4-2-3-5-10(9)13(14,15)16/h2-7H,1H3. The van der Waals surface area contributed by atoms with E-state index in [1.165, 1.54) is 18.2 Å². The Morgan fingerprint density at radius 1 is 1.17 bits per heavy atom. The van der Waals surface area contributed by atoms with Crippen LogP contribution in [0.4, 0.5) is 13.2 Å². The van der Waals surface area contributed by atoms with Crippen LogP contribution < -0.4 is 0 Å². The van der Waals surface area contributed by atoms with Crippen LogP contribution in [0.5, 0.6) is 0 Å². The molecule has 1 aromatic carbocycles. The van der Waals surface area contributed by atoms with Crippen molar-refractivity contribution in [1.29, 1.82) is 0 Å². The fraction of sp³-hybridized carbons (Fsp3) is 0.154. The molecule has 0 spiro atoms. The van der Waals surface area contributed by atoms with E-state index in [9.17, 15) is 18.0 Å². The molecule has 0 aliphatic heterocycles. The molecule has 2 aromatic rings. The summed E-state index contributed by atoms with van der Waals surface area (Å²) >= 11 is 1.15. The Morgan fingerprint density at radius 3 is 2.39 bits per heavy atom. The van der Waals surface area contributed by atoms with Crippen molar-refractivity contribution in [2.75, 3.05) is 0 Å². The molecule has 1 nitrogen and oxygen atoms in total. The number of aryl methyl sites for hydroxylation is 1. The lowest BCUT2D eigenvalue weighted by Crippen LogP contribution is -2.13. The number of halogens is 3. The maximum absolute atomic E-state index is 12.8. The quantitative estimate of drug-likeness (QED) is 0.743. The number of benzene rings is 1. The van der Waals surface area contributed by atoms with Crippen LogP contribution in [-0.4, -0.2) is 5.78 Å². The molecule has 0 amide bonds. The monoisotopic (exact) mass is 270 g/mol. The summed E-state index contributed by atoms with van der Waals surface area (Å²) in [6.07, 6.45) is -4.52. The van der Waals surface area contributed by atoms with Crippen LogP contribution in [0.3, 0.4) is 0 Å². The Kier molecular flexibility index (Phi) is 3.26. The second-order valence-electron chi connectivity index (χ2n) is 3.81. The third-order valence-corrected chi connectivity index (χ3v) is 3.56. The van der Waals surface area contributed by atoms with Gasteiger partial charge in [-0.1, -0.05) is 18.2 Å². The Labute approximate surface area is 106 Å². The number of alkyl halides is 3. The number of hydrogen-bond donors (Lipinski definition) is 0. The second kappa shape index (κ2) is 4.57. The zero-order valence-corrected chi connectivity index (χ0v) is 10.2. The van der Waals surface area contributed by atoms with Gasteiger partial charge in [0.1, 0.15) is 0 Å². The van der Waals surface area contributed by atoms with Crippen LogP contribution in [-0.2, 0) is 6.18 Å². The first-order valence-corrected chi connectivity index (χ1v) is 6.04. The lowest BCUT2D eigenvalue weighted by molar-refractivity contribution is -0.137. The van der Waals surface area contributed by atoms with E-state index in [2.05, 4.69) is 0 Å². The predicted molar refractivity (Wildman–Crippen MR) is 63.9 cm³/mol. The molecule has 0 unspecified atom stereocenters. The highest BCUT2D eigenvalue weighted by Gasteiger charge is 2.35. The van der Waals surface area contributed by atoms with Crippen LogP contribution in [0.2, 0.25) is 0 Å². The molecule has 1 aromatic heterocycles. The molecular weight excluding hydrogens is 261 g/mol. The fourth-order valence-corrected chi connectivity index (χ4v) is 2.54. The van der Waals surface area contributed by atoms with Gasteiger partial charge in [-0.05, 0) is 30.0 Å². The summed E-state index contributed by atoms with van der Waals surface area (Å²) < 4.78 is 38.4. The molecular formula is C13H9F3OS. The number of thiophene rings is 1. The van der Waals surface area contributed by atoms with E-state index in [1.807, 2.05) is 0 Å². The van der Waals surface area contributed by atoms with Gasteiger partial charge < -0.3 is 0 Å². The summed E-state index contributed by atoms with van der Waals surface area (Å²) in [7, 11) is 0. The van der Waals surface area contributed by atoms with Gasteiger partial charge >= 0.3 is 6.18 Å². The fourth-order valence-electron chi connectivity index (χ4n) is 1.66. The van der Waals surface area contributed by atoms with E-state index in [0.717, 1.165) is 17.4 Å². The largest absolute Gasteiger partial charge is 0.417 e. The minimum absolute atomic E-state index is 0.296. The highest BCUT2D eigenvalue weighted by atomic mass is 32.1. The van der Waals surface area contributed by atoms with Crippen molar-refractivity contribution in [1.82, 2.24) is 0 Å². The smallest absolute Gasteiger partial charge is 0.288 e. The predicted octanol–water partition coefficient (Wildman–Crippen LogP) is 4.31. The lowest BCUT2D eigenvalue weighted by Gasteiger charge is -2.11. The first-order chi connectivity index (χ1) is 8.41. The van der Waals surface area contributed by atoms with E-state index >= 15 is 0 Å². The molecule has 0 aliphatic rings. The molecule has 0 aliphatic carbocycles. The van der Waals surface area contributed by atoms with Gasteiger partial charge in [0.05, 0.1) is 10.4 Å². The number of carbonyl (C=O) groups is 1. The lowest BCUT2D eigenvalue weighted by atomic mass is 10.0. The van der Waals surface area contributed by atoms with Gasteiger partial charge in [-0.3, -0.25) is 4.79 Å². The molecule has 0 bridgehead atoms. The minimum Gasteiger partial charge on any atom is -0.288 e. The Bertz CT molecular complexity index is 584. The normalized spacial score (nSPS) is 11.6. The van der Waals surface area contributed by atoms with E-state index in [4.69, 9.17) is 0 Å². The SMILES string of the molecule is Cc1ccsc1C(=O)c1ccccc1C(F)(F)F. The van der Waals surface area contributed by atoms with Crippen molar-refractivity contribution in [3.8, 4) is 0 Å². The van der Waals surface area contributed by atoms with Gasteiger partial charge in [0.2, 0.25) is 5.78 Å². The van der Waals surface area contributed by atoms with Crippen molar-refractivity contribution in [3.63, 3.8) is 0 Å². The maximum atomic E-state index is 12.8. The summed E-state index contributed by atoms with van der Waals surface area (Å²) in [6, 6.07) is 6.57. The third kappa shape index (κ3) is 2.31. The average molecular weight is 270 g/mol. The molecule has 0 radical (unpaired) electrons. The van der Waals surface area contributed by atoms with Gasteiger partial charge in [0.15, 0.2) is 0 Å². The molecule has 0 atom stereocenters. The summed E-state index contributed by atoms with van der Waals surface area (Å²) in [5.74, 6) is -0.574. The highest BCUT2D eigenvalue weighted by Crippen LogP contribution is 2.33. The van der Waals surface area contributed by atoms with Gasteiger partial charge in [-0.25, -0.2) is 0 Å².